The Labute approximate surface area is 370 Å². The van der Waals surface area contributed by atoms with Crippen LogP contribution in [0.1, 0.15) is 124 Å². The number of β-amino-alcohol motifs (C(OH)–C–C–N with tert-alkyl or cyclic N) is 1. The van der Waals surface area contributed by atoms with E-state index in [9.17, 15) is 14.6 Å². The number of thiophene rings is 1. The lowest BCUT2D eigenvalue weighted by Gasteiger charge is -2.43. The Bertz CT molecular complexity index is 2690. The topological polar surface area (TPSA) is 90.0 Å². The second-order valence-electron chi connectivity index (χ2n) is 18.3. The summed E-state index contributed by atoms with van der Waals surface area (Å²) in [6.45, 7) is 11.9. The maximum absolute atomic E-state index is 16.4. The predicted molar refractivity (Wildman–Crippen MR) is 243 cm³/mol. The van der Waals surface area contributed by atoms with Gasteiger partial charge in [-0.1, -0.05) is 30.3 Å². The number of fused-ring (bicyclic) bond motifs is 4. The molecule has 0 bridgehead atoms. The van der Waals surface area contributed by atoms with E-state index in [0.717, 1.165) is 94.9 Å². The van der Waals surface area contributed by atoms with E-state index in [1.54, 1.807) is 41.7 Å². The first kappa shape index (κ1) is 41.7. The average molecular weight is 871 g/mol. The van der Waals surface area contributed by atoms with Crippen LogP contribution in [0, 0.1) is 38.2 Å². The Morgan fingerprint density at radius 3 is 2.21 bits per heavy atom. The predicted octanol–water partition coefficient (Wildman–Crippen LogP) is 10.4. The maximum atomic E-state index is 16.4. The van der Waals surface area contributed by atoms with Gasteiger partial charge in [0.2, 0.25) is 0 Å². The van der Waals surface area contributed by atoms with Crippen molar-refractivity contribution in [1.29, 1.82) is 0 Å². The van der Waals surface area contributed by atoms with E-state index in [1.807, 2.05) is 6.92 Å². The molecule has 0 unspecified atom stereocenters. The van der Waals surface area contributed by atoms with Crippen LogP contribution in [-0.2, 0) is 6.42 Å². The molecule has 2 saturated heterocycles. The minimum atomic E-state index is -0.815. The summed E-state index contributed by atoms with van der Waals surface area (Å²) in [5, 5.41) is 32.0. The number of hydrogen-bond donors (Lipinski definition) is 2. The first-order valence-corrected chi connectivity index (χ1v) is 23.1. The first-order valence-electron chi connectivity index (χ1n) is 22.3. The number of aliphatic imine (C=N–C) groups is 1. The molecule has 0 saturated carbocycles. The number of aromatic hydroxyl groups is 1. The minimum Gasteiger partial charge on any atom is -0.508 e. The van der Waals surface area contributed by atoms with Gasteiger partial charge in [0, 0.05) is 52.8 Å². The van der Waals surface area contributed by atoms with Crippen LogP contribution in [0.25, 0.3) is 5.00 Å². The number of benzene rings is 4. The van der Waals surface area contributed by atoms with Crippen LogP contribution in [0.3, 0.4) is 0 Å². The summed E-state index contributed by atoms with van der Waals surface area (Å²) < 4.78 is 48.9. The lowest BCUT2D eigenvalue weighted by atomic mass is 9.68. The zero-order valence-corrected chi connectivity index (χ0v) is 37.0. The summed E-state index contributed by atoms with van der Waals surface area (Å²) in [7, 11) is 0. The van der Waals surface area contributed by atoms with Crippen molar-refractivity contribution in [2.24, 2.45) is 4.99 Å². The first-order chi connectivity index (χ1) is 30.3. The number of phenols is 1. The fraction of sp³-hybridized carbons (Fsp3) is 0.392. The van der Waals surface area contributed by atoms with Crippen molar-refractivity contribution in [2.45, 2.75) is 95.6 Å². The number of aromatic nitrogens is 3. The number of hydrogen-bond acceptors (Lipinski definition) is 8. The van der Waals surface area contributed by atoms with Crippen molar-refractivity contribution in [3.05, 3.63) is 157 Å². The number of nitrogens with zero attached hydrogens (tertiary/aromatic N) is 6. The molecule has 326 valence electrons. The molecule has 0 radical (unpaired) electrons. The van der Waals surface area contributed by atoms with Gasteiger partial charge in [-0.25, -0.2) is 13.2 Å². The molecule has 63 heavy (non-hydrogen) atoms. The van der Waals surface area contributed by atoms with E-state index in [-0.39, 0.29) is 35.0 Å². The number of anilines is 1. The molecule has 3 aliphatic heterocycles. The molecular weight excluding hydrogens is 818 g/mol. The normalized spacial score (nSPS) is 21.4. The van der Waals surface area contributed by atoms with Gasteiger partial charge in [-0.3, -0.25) is 9.56 Å². The molecular formula is C51H53F3N6O2S. The largest absolute Gasteiger partial charge is 0.508 e. The third-order valence-electron chi connectivity index (χ3n) is 14.4. The number of likely N-dealkylation sites (tertiary alicyclic amines) is 1. The third-order valence-corrected chi connectivity index (χ3v) is 15.6. The zero-order valence-electron chi connectivity index (χ0n) is 36.2. The number of piperidine rings is 2. The molecule has 5 heterocycles. The van der Waals surface area contributed by atoms with Gasteiger partial charge < -0.3 is 20.0 Å². The average Bonchev–Trinajstić information content (AvgIpc) is 3.76. The molecule has 3 atom stereocenters. The smallest absolute Gasteiger partial charge is 0.162 e. The van der Waals surface area contributed by atoms with E-state index in [2.05, 4.69) is 69.6 Å². The van der Waals surface area contributed by atoms with E-state index in [0.29, 0.717) is 37.8 Å². The summed E-state index contributed by atoms with van der Waals surface area (Å²) in [6.07, 6.45) is 4.04. The van der Waals surface area contributed by atoms with Gasteiger partial charge in [0.05, 0.1) is 11.3 Å². The van der Waals surface area contributed by atoms with E-state index in [4.69, 9.17) is 4.99 Å². The van der Waals surface area contributed by atoms with Crippen LogP contribution in [0.4, 0.5) is 18.9 Å². The Morgan fingerprint density at radius 1 is 0.810 bits per heavy atom. The molecule has 4 aliphatic rings. The van der Waals surface area contributed by atoms with Crippen LogP contribution < -0.4 is 4.90 Å². The van der Waals surface area contributed by atoms with Gasteiger partial charge in [0.25, 0.3) is 0 Å². The quantitative estimate of drug-likeness (QED) is 0.166. The summed E-state index contributed by atoms with van der Waals surface area (Å²) >= 11 is 1.76. The SMILES string of the molecule is Cc1sc2c(c1C)C(c1ccc(N3CCC(O)(CN4CCC(c5cc(F)c([C@@H]6c7ccc(O)cc7CC[C@@H]6c6ccc(F)cc6)c(F)c5)CC4)CC3)cc1)=N[C@@H](C)c1nnc(C)n1-2. The molecule has 0 amide bonds. The molecule has 1 aliphatic carbocycles. The van der Waals surface area contributed by atoms with Crippen LogP contribution in [0.5, 0.6) is 5.75 Å². The van der Waals surface area contributed by atoms with E-state index < -0.39 is 23.2 Å². The van der Waals surface area contributed by atoms with E-state index in [1.165, 1.54) is 34.7 Å². The van der Waals surface area contributed by atoms with Gasteiger partial charge in [0.1, 0.15) is 40.1 Å². The Hall–Kier alpha value is -5.30. The third kappa shape index (κ3) is 7.67. The summed E-state index contributed by atoms with van der Waals surface area (Å²) in [5.41, 5.74) is 7.89. The second-order valence-corrected chi connectivity index (χ2v) is 19.5. The van der Waals surface area contributed by atoms with Crippen LogP contribution in [0.2, 0.25) is 0 Å². The highest BCUT2D eigenvalue weighted by molar-refractivity contribution is 7.15. The van der Waals surface area contributed by atoms with Crippen molar-refractivity contribution in [3.63, 3.8) is 0 Å². The van der Waals surface area contributed by atoms with Gasteiger partial charge in [0.15, 0.2) is 5.82 Å². The highest BCUT2D eigenvalue weighted by Gasteiger charge is 2.38. The Kier molecular flexibility index (Phi) is 10.8. The number of phenolic OH excluding ortho intramolecular Hbond substituents is 1. The molecule has 4 aromatic carbocycles. The molecule has 6 aromatic rings. The molecule has 12 heteroatoms. The van der Waals surface area contributed by atoms with Crippen molar-refractivity contribution in [3.8, 4) is 10.8 Å². The Morgan fingerprint density at radius 2 is 1.51 bits per heavy atom. The highest BCUT2D eigenvalue weighted by atomic mass is 32.1. The number of halogens is 3. The van der Waals surface area contributed by atoms with Gasteiger partial charge in [-0.2, -0.15) is 0 Å². The van der Waals surface area contributed by atoms with E-state index >= 15 is 8.78 Å². The van der Waals surface area contributed by atoms with Crippen LogP contribution in [-0.4, -0.2) is 73.9 Å². The van der Waals surface area contributed by atoms with Gasteiger partial charge in [-0.05, 0) is 167 Å². The summed E-state index contributed by atoms with van der Waals surface area (Å²) in [5.74, 6) is -0.540. The number of aryl methyl sites for hydroxylation is 3. The molecule has 2 aromatic heterocycles. The lowest BCUT2D eigenvalue weighted by molar-refractivity contribution is -0.0213. The molecule has 2 N–H and O–H groups in total. The fourth-order valence-corrected chi connectivity index (χ4v) is 12.1. The number of rotatable bonds is 7. The fourth-order valence-electron chi connectivity index (χ4n) is 10.9. The van der Waals surface area contributed by atoms with Crippen molar-refractivity contribution in [2.75, 3.05) is 37.6 Å². The summed E-state index contributed by atoms with van der Waals surface area (Å²) in [4.78, 5) is 11.1. The molecule has 2 fully saturated rings. The van der Waals surface area contributed by atoms with Gasteiger partial charge >= 0.3 is 0 Å². The van der Waals surface area contributed by atoms with Crippen LogP contribution in [0.15, 0.2) is 83.9 Å². The standard InChI is InChI=1S/C51H53F3N6O2S/c1-29-31(3)63-50-45(29)48(55-30(2)49-57-56-32(4)60(49)50)35-7-12-39(13-8-35)59-23-19-51(62,20-24-59)28-58-21-17-33(18-22-58)37-26-43(53)47(44(54)27-37)46-41(34-5-10-38(52)11-6-34)15-9-36-25-40(61)14-16-42(36)46/h5-8,10-14,16,25-27,30,33,41,46,61-62H,9,15,17-24,28H2,1-4H3/t30-,41+,46-/m0/s1. The molecule has 8 nitrogen and oxygen atoms in total. The highest BCUT2D eigenvalue weighted by Crippen LogP contribution is 2.49. The van der Waals surface area contributed by atoms with Crippen molar-refractivity contribution in [1.82, 2.24) is 19.7 Å². The van der Waals surface area contributed by atoms with Crippen molar-refractivity contribution >= 4 is 22.7 Å². The zero-order chi connectivity index (χ0) is 43.7. The Balaban J connectivity index is 0.783. The monoisotopic (exact) mass is 870 g/mol. The number of aliphatic hydroxyl groups is 1. The maximum Gasteiger partial charge on any atom is 0.162 e. The second kappa shape index (κ2) is 16.4. The van der Waals surface area contributed by atoms with Crippen molar-refractivity contribution < 1.29 is 23.4 Å². The summed E-state index contributed by atoms with van der Waals surface area (Å²) in [6, 6.07) is 22.8. The lowest BCUT2D eigenvalue weighted by Crippen LogP contribution is -2.52. The van der Waals surface area contributed by atoms with Crippen LogP contribution >= 0.6 is 11.3 Å². The molecule has 0 spiro atoms. The minimum absolute atomic E-state index is 0.00228. The molecule has 10 rings (SSSR count). The van der Waals surface area contributed by atoms with Gasteiger partial charge in [-0.15, -0.1) is 21.5 Å².